The number of hydrogen-bond donors (Lipinski definition) is 1. The molecule has 0 bridgehead atoms. The first kappa shape index (κ1) is 17.9. The molecule has 0 aliphatic heterocycles. The maximum Gasteiger partial charge on any atom is 0.287 e. The Morgan fingerprint density at radius 3 is 2.50 bits per heavy atom. The number of fused-ring (bicyclic) bond motifs is 1. The van der Waals surface area contributed by atoms with Gasteiger partial charge in [0, 0.05) is 22.5 Å². The van der Waals surface area contributed by atoms with Crippen LogP contribution in [-0.2, 0) is 6.54 Å². The average molecular weight is 376 g/mol. The largest absolute Gasteiger partial charge is 0.493 e. The van der Waals surface area contributed by atoms with E-state index in [9.17, 15) is 4.79 Å². The van der Waals surface area contributed by atoms with E-state index in [4.69, 9.17) is 30.2 Å². The first-order chi connectivity index (χ1) is 12.6. The standard InChI is InChI=1S/C19H18ClNO5/c1-23-15-6-4-11(17(24-2)18(15)25-3)10-21-19(22)16-9-12-8-13(20)5-7-14(12)26-16/h4-9H,10H2,1-3H3,(H,21,22). The molecule has 0 unspecified atom stereocenters. The molecule has 1 amide bonds. The molecule has 0 saturated heterocycles. The number of amides is 1. The number of halogens is 1. The van der Waals surface area contributed by atoms with E-state index in [-0.39, 0.29) is 18.2 Å². The van der Waals surface area contributed by atoms with Crippen molar-refractivity contribution >= 4 is 28.5 Å². The van der Waals surface area contributed by atoms with Crippen LogP contribution in [0.5, 0.6) is 17.2 Å². The second-order valence-corrected chi connectivity index (χ2v) is 5.91. The summed E-state index contributed by atoms with van der Waals surface area (Å²) in [6, 6.07) is 10.4. The van der Waals surface area contributed by atoms with E-state index in [0.717, 1.165) is 10.9 Å². The average Bonchev–Trinajstić information content (AvgIpc) is 3.08. The van der Waals surface area contributed by atoms with Crippen LogP contribution in [0.4, 0.5) is 0 Å². The number of furan rings is 1. The number of hydrogen-bond acceptors (Lipinski definition) is 5. The number of nitrogens with one attached hydrogen (secondary N) is 1. The summed E-state index contributed by atoms with van der Waals surface area (Å²) in [4.78, 5) is 12.4. The van der Waals surface area contributed by atoms with E-state index in [1.807, 2.05) is 0 Å². The summed E-state index contributed by atoms with van der Waals surface area (Å²) in [6.07, 6.45) is 0. The highest BCUT2D eigenvalue weighted by molar-refractivity contribution is 6.31. The molecule has 0 aliphatic rings. The molecule has 0 spiro atoms. The zero-order chi connectivity index (χ0) is 18.7. The molecular weight excluding hydrogens is 358 g/mol. The molecule has 2 aromatic carbocycles. The van der Waals surface area contributed by atoms with Crippen molar-refractivity contribution in [1.29, 1.82) is 0 Å². The number of carbonyl (C=O) groups is 1. The van der Waals surface area contributed by atoms with E-state index >= 15 is 0 Å². The third kappa shape index (κ3) is 3.41. The van der Waals surface area contributed by atoms with Crippen molar-refractivity contribution < 1.29 is 23.4 Å². The Balaban J connectivity index is 1.80. The predicted octanol–water partition coefficient (Wildman–Crippen LogP) is 4.04. The van der Waals surface area contributed by atoms with Crippen molar-refractivity contribution in [2.45, 2.75) is 6.54 Å². The van der Waals surface area contributed by atoms with E-state index in [2.05, 4.69) is 5.32 Å². The van der Waals surface area contributed by atoms with Gasteiger partial charge in [0.25, 0.3) is 5.91 Å². The summed E-state index contributed by atoms with van der Waals surface area (Å²) in [5.41, 5.74) is 1.35. The molecule has 0 atom stereocenters. The van der Waals surface area contributed by atoms with Gasteiger partial charge in [-0.05, 0) is 36.4 Å². The zero-order valence-corrected chi connectivity index (χ0v) is 15.3. The van der Waals surface area contributed by atoms with Gasteiger partial charge in [-0.25, -0.2) is 0 Å². The number of benzene rings is 2. The summed E-state index contributed by atoms with van der Waals surface area (Å²) < 4.78 is 21.6. The third-order valence-corrected chi connectivity index (χ3v) is 4.16. The lowest BCUT2D eigenvalue weighted by Gasteiger charge is -2.15. The summed E-state index contributed by atoms with van der Waals surface area (Å²) >= 11 is 5.96. The molecule has 0 saturated carbocycles. The van der Waals surface area contributed by atoms with E-state index in [1.54, 1.807) is 43.5 Å². The minimum atomic E-state index is -0.339. The second-order valence-electron chi connectivity index (χ2n) is 5.47. The lowest BCUT2D eigenvalue weighted by Crippen LogP contribution is -2.22. The van der Waals surface area contributed by atoms with E-state index in [0.29, 0.717) is 27.9 Å². The van der Waals surface area contributed by atoms with Crippen LogP contribution in [0.25, 0.3) is 11.0 Å². The quantitative estimate of drug-likeness (QED) is 0.704. The Morgan fingerprint density at radius 1 is 1.04 bits per heavy atom. The molecule has 26 heavy (non-hydrogen) atoms. The third-order valence-electron chi connectivity index (χ3n) is 3.93. The summed E-state index contributed by atoms with van der Waals surface area (Å²) in [5.74, 6) is 1.40. The number of ether oxygens (including phenoxy) is 3. The minimum absolute atomic E-state index is 0.210. The molecule has 1 heterocycles. The first-order valence-electron chi connectivity index (χ1n) is 7.82. The molecule has 0 radical (unpaired) electrons. The molecule has 0 aliphatic carbocycles. The van der Waals surface area contributed by atoms with Crippen LogP contribution >= 0.6 is 11.6 Å². The van der Waals surface area contributed by atoms with Crippen LogP contribution in [0.2, 0.25) is 5.02 Å². The monoisotopic (exact) mass is 375 g/mol. The Morgan fingerprint density at radius 2 is 1.81 bits per heavy atom. The molecule has 136 valence electrons. The highest BCUT2D eigenvalue weighted by Crippen LogP contribution is 2.39. The van der Waals surface area contributed by atoms with Gasteiger partial charge in [-0.2, -0.15) is 0 Å². The van der Waals surface area contributed by atoms with Crippen molar-refractivity contribution in [3.63, 3.8) is 0 Å². The Hall–Kier alpha value is -2.86. The SMILES string of the molecule is COc1ccc(CNC(=O)c2cc3cc(Cl)ccc3o2)c(OC)c1OC. The molecule has 3 rings (SSSR count). The molecule has 7 heteroatoms. The summed E-state index contributed by atoms with van der Waals surface area (Å²) in [7, 11) is 4.61. The van der Waals surface area contributed by atoms with Gasteiger partial charge in [-0.1, -0.05) is 11.6 Å². The molecule has 1 aromatic heterocycles. The summed E-state index contributed by atoms with van der Waals surface area (Å²) in [5, 5.41) is 4.17. The number of methoxy groups -OCH3 is 3. The van der Waals surface area contributed by atoms with Crippen molar-refractivity contribution in [3.8, 4) is 17.2 Å². The van der Waals surface area contributed by atoms with Crippen LogP contribution in [0.15, 0.2) is 40.8 Å². The molecule has 0 fully saturated rings. The Kier molecular flexibility index (Phi) is 5.23. The van der Waals surface area contributed by atoms with Gasteiger partial charge in [0.2, 0.25) is 5.75 Å². The smallest absolute Gasteiger partial charge is 0.287 e. The van der Waals surface area contributed by atoms with Crippen LogP contribution in [0.3, 0.4) is 0 Å². The zero-order valence-electron chi connectivity index (χ0n) is 14.6. The molecular formula is C19H18ClNO5. The Bertz CT molecular complexity index is 950. The highest BCUT2D eigenvalue weighted by Gasteiger charge is 2.18. The number of rotatable bonds is 6. The topological polar surface area (TPSA) is 69.9 Å². The Labute approximate surface area is 155 Å². The van der Waals surface area contributed by atoms with E-state index in [1.165, 1.54) is 14.2 Å². The minimum Gasteiger partial charge on any atom is -0.493 e. The lowest BCUT2D eigenvalue weighted by atomic mass is 10.1. The van der Waals surface area contributed by atoms with Gasteiger partial charge in [0.15, 0.2) is 17.3 Å². The van der Waals surface area contributed by atoms with Crippen molar-refractivity contribution in [1.82, 2.24) is 5.32 Å². The van der Waals surface area contributed by atoms with Crippen LogP contribution in [0.1, 0.15) is 16.1 Å². The normalized spacial score (nSPS) is 10.6. The highest BCUT2D eigenvalue weighted by atomic mass is 35.5. The van der Waals surface area contributed by atoms with Gasteiger partial charge in [0.1, 0.15) is 5.58 Å². The van der Waals surface area contributed by atoms with Crippen LogP contribution in [0, 0.1) is 0 Å². The van der Waals surface area contributed by atoms with Gasteiger partial charge in [0.05, 0.1) is 21.3 Å². The fourth-order valence-electron chi connectivity index (χ4n) is 2.69. The van der Waals surface area contributed by atoms with Crippen molar-refractivity contribution in [3.05, 3.63) is 52.7 Å². The number of carbonyl (C=O) groups excluding carboxylic acids is 1. The lowest BCUT2D eigenvalue weighted by molar-refractivity contribution is 0.0925. The maximum absolute atomic E-state index is 12.4. The molecule has 1 N–H and O–H groups in total. The van der Waals surface area contributed by atoms with Gasteiger partial charge in [-0.3, -0.25) is 4.79 Å². The van der Waals surface area contributed by atoms with Crippen LogP contribution in [-0.4, -0.2) is 27.2 Å². The maximum atomic E-state index is 12.4. The van der Waals surface area contributed by atoms with Crippen LogP contribution < -0.4 is 19.5 Å². The first-order valence-corrected chi connectivity index (χ1v) is 8.20. The summed E-state index contributed by atoms with van der Waals surface area (Å²) in [6.45, 7) is 0.236. The molecule has 6 nitrogen and oxygen atoms in total. The van der Waals surface area contributed by atoms with Gasteiger partial charge in [-0.15, -0.1) is 0 Å². The fourth-order valence-corrected chi connectivity index (χ4v) is 2.87. The fraction of sp³-hybridized carbons (Fsp3) is 0.211. The predicted molar refractivity (Wildman–Crippen MR) is 98.5 cm³/mol. The second kappa shape index (κ2) is 7.58. The van der Waals surface area contributed by atoms with E-state index < -0.39 is 0 Å². The molecule has 3 aromatic rings. The van der Waals surface area contributed by atoms with Crippen molar-refractivity contribution in [2.24, 2.45) is 0 Å². The van der Waals surface area contributed by atoms with Gasteiger partial charge < -0.3 is 23.9 Å². The van der Waals surface area contributed by atoms with Gasteiger partial charge >= 0.3 is 0 Å². The van der Waals surface area contributed by atoms with Crippen molar-refractivity contribution in [2.75, 3.05) is 21.3 Å².